The second-order valence-electron chi connectivity index (χ2n) is 4.46. The summed E-state index contributed by atoms with van der Waals surface area (Å²) in [6, 6.07) is 6.71. The summed E-state index contributed by atoms with van der Waals surface area (Å²) in [5.74, 6) is 0.498. The minimum Gasteiger partial charge on any atom is -0.207 e. The Kier molecular flexibility index (Phi) is 5.16. The van der Waals surface area contributed by atoms with Gasteiger partial charge in [-0.2, -0.15) is 0 Å². The molecule has 0 unspecified atom stereocenters. The molecule has 0 atom stereocenters. The summed E-state index contributed by atoms with van der Waals surface area (Å²) in [7, 11) is -1.71. The molecule has 0 fully saturated rings. The van der Waals surface area contributed by atoms with Crippen LogP contribution in [0.1, 0.15) is 20.3 Å². The fraction of sp³-hybridized carbons (Fsp3) is 0.500. The van der Waals surface area contributed by atoms with Crippen LogP contribution in [0.5, 0.6) is 0 Å². The molecule has 1 aromatic rings. The Bertz CT molecular complexity index is 454. The summed E-state index contributed by atoms with van der Waals surface area (Å²) in [5, 5.41) is 0. The van der Waals surface area contributed by atoms with Gasteiger partial charge < -0.3 is 0 Å². The highest BCUT2D eigenvalue weighted by molar-refractivity contribution is 9.10. The fourth-order valence-corrected chi connectivity index (χ4v) is 2.80. The molecule has 0 spiro atoms. The zero-order chi connectivity index (χ0) is 13.1. The Morgan fingerprint density at radius 3 is 2.24 bits per heavy atom. The largest absolute Gasteiger partial charge is 0.242 e. The van der Waals surface area contributed by atoms with E-state index in [9.17, 15) is 8.42 Å². The van der Waals surface area contributed by atoms with Gasteiger partial charge >= 0.3 is 0 Å². The Balaban J connectivity index is 2.84. The van der Waals surface area contributed by atoms with Crippen molar-refractivity contribution in [3.63, 3.8) is 0 Å². The molecule has 0 radical (unpaired) electrons. The second-order valence-corrected chi connectivity index (χ2v) is 7.42. The zero-order valence-corrected chi connectivity index (χ0v) is 12.8. The minimum absolute atomic E-state index is 0.340. The second kappa shape index (κ2) is 5.98. The van der Waals surface area contributed by atoms with Gasteiger partial charge in [-0.15, -0.1) is 0 Å². The molecule has 0 bridgehead atoms. The molecular formula is C12H18BrNO2S. The number of nitrogens with zero attached hydrogens (tertiary/aromatic N) is 1. The number of halogens is 1. The lowest BCUT2D eigenvalue weighted by atomic mass is 10.1. The summed E-state index contributed by atoms with van der Waals surface area (Å²) in [5.41, 5.74) is 0. The maximum absolute atomic E-state index is 12.2. The van der Waals surface area contributed by atoms with Crippen molar-refractivity contribution in [2.45, 2.75) is 25.2 Å². The third kappa shape index (κ3) is 4.08. The molecule has 0 saturated heterocycles. The van der Waals surface area contributed by atoms with Gasteiger partial charge in [-0.3, -0.25) is 0 Å². The standard InChI is InChI=1S/C12H18BrNO2S/c1-10(2)8-9-14(3)17(15,16)12-6-4-11(13)5-7-12/h4-7,10H,8-9H2,1-3H3. The van der Waals surface area contributed by atoms with E-state index in [-0.39, 0.29) is 0 Å². The van der Waals surface area contributed by atoms with Crippen LogP contribution in [0.25, 0.3) is 0 Å². The SMILES string of the molecule is CC(C)CCN(C)S(=O)(=O)c1ccc(Br)cc1. The summed E-state index contributed by atoms with van der Waals surface area (Å²) in [6.07, 6.45) is 0.867. The van der Waals surface area contributed by atoms with Gasteiger partial charge in [0, 0.05) is 18.1 Å². The molecule has 1 rings (SSSR count). The van der Waals surface area contributed by atoms with Crippen molar-refractivity contribution < 1.29 is 8.42 Å². The van der Waals surface area contributed by atoms with Crippen molar-refractivity contribution in [2.24, 2.45) is 5.92 Å². The summed E-state index contributed by atoms with van der Waals surface area (Å²) in [4.78, 5) is 0.340. The smallest absolute Gasteiger partial charge is 0.207 e. The van der Waals surface area contributed by atoms with Crippen molar-refractivity contribution in [1.29, 1.82) is 0 Å². The van der Waals surface area contributed by atoms with Crippen LogP contribution in [0.15, 0.2) is 33.6 Å². The zero-order valence-electron chi connectivity index (χ0n) is 10.4. The van der Waals surface area contributed by atoms with Crippen LogP contribution < -0.4 is 0 Å². The molecule has 0 aromatic heterocycles. The predicted molar refractivity (Wildman–Crippen MR) is 73.4 cm³/mol. The number of rotatable bonds is 5. The van der Waals surface area contributed by atoms with Crippen molar-refractivity contribution in [3.05, 3.63) is 28.7 Å². The molecule has 0 aliphatic heterocycles. The van der Waals surface area contributed by atoms with Crippen LogP contribution in [-0.2, 0) is 10.0 Å². The topological polar surface area (TPSA) is 37.4 Å². The van der Waals surface area contributed by atoms with Crippen molar-refractivity contribution in [1.82, 2.24) is 4.31 Å². The van der Waals surface area contributed by atoms with Crippen LogP contribution in [0.2, 0.25) is 0 Å². The van der Waals surface area contributed by atoms with Crippen molar-refractivity contribution in [3.8, 4) is 0 Å². The first-order chi connectivity index (χ1) is 7.84. The number of benzene rings is 1. The van der Waals surface area contributed by atoms with Crippen LogP contribution >= 0.6 is 15.9 Å². The lowest BCUT2D eigenvalue weighted by Gasteiger charge is -2.18. The third-order valence-corrected chi connectivity index (χ3v) is 4.94. The monoisotopic (exact) mass is 319 g/mol. The maximum Gasteiger partial charge on any atom is 0.242 e. The van der Waals surface area contributed by atoms with Crippen LogP contribution in [0.3, 0.4) is 0 Å². The average Bonchev–Trinajstić information content (AvgIpc) is 2.26. The first kappa shape index (κ1) is 14.7. The number of sulfonamides is 1. The molecule has 0 aliphatic carbocycles. The van der Waals surface area contributed by atoms with E-state index in [0.717, 1.165) is 10.9 Å². The lowest BCUT2D eigenvalue weighted by Crippen LogP contribution is -2.28. The lowest BCUT2D eigenvalue weighted by molar-refractivity contribution is 0.428. The Morgan fingerprint density at radius 1 is 1.24 bits per heavy atom. The number of hydrogen-bond acceptors (Lipinski definition) is 2. The van der Waals surface area contributed by atoms with Crippen molar-refractivity contribution in [2.75, 3.05) is 13.6 Å². The van der Waals surface area contributed by atoms with E-state index in [1.165, 1.54) is 4.31 Å². The van der Waals surface area contributed by atoms with E-state index in [1.54, 1.807) is 31.3 Å². The van der Waals surface area contributed by atoms with Crippen molar-refractivity contribution >= 4 is 26.0 Å². The van der Waals surface area contributed by atoms with E-state index in [0.29, 0.717) is 17.4 Å². The molecular weight excluding hydrogens is 302 g/mol. The normalized spacial score (nSPS) is 12.4. The Hall–Kier alpha value is -0.390. The van der Waals surface area contributed by atoms with Gasteiger partial charge in [0.1, 0.15) is 0 Å². The van der Waals surface area contributed by atoms with Gasteiger partial charge in [-0.1, -0.05) is 29.8 Å². The molecule has 0 aliphatic rings. The first-order valence-corrected chi connectivity index (χ1v) is 7.79. The first-order valence-electron chi connectivity index (χ1n) is 5.56. The van der Waals surface area contributed by atoms with Crippen LogP contribution in [0, 0.1) is 5.92 Å². The van der Waals surface area contributed by atoms with Crippen LogP contribution in [0.4, 0.5) is 0 Å². The minimum atomic E-state index is -3.34. The Labute approximate surface area is 112 Å². The Morgan fingerprint density at radius 2 is 1.76 bits per heavy atom. The van der Waals surface area contributed by atoms with Gasteiger partial charge in [0.15, 0.2) is 0 Å². The van der Waals surface area contributed by atoms with Gasteiger partial charge in [0.25, 0.3) is 0 Å². The van der Waals surface area contributed by atoms with Gasteiger partial charge in [0.2, 0.25) is 10.0 Å². The van der Waals surface area contributed by atoms with E-state index in [4.69, 9.17) is 0 Å². The summed E-state index contributed by atoms with van der Waals surface area (Å²) >= 11 is 3.29. The fourth-order valence-electron chi connectivity index (χ4n) is 1.35. The predicted octanol–water partition coefficient (Wildman–Crippen LogP) is 3.12. The molecule has 96 valence electrons. The summed E-state index contributed by atoms with van der Waals surface area (Å²) < 4.78 is 26.6. The molecule has 0 saturated carbocycles. The maximum atomic E-state index is 12.2. The van der Waals surface area contributed by atoms with E-state index in [1.807, 2.05) is 0 Å². The van der Waals surface area contributed by atoms with E-state index in [2.05, 4.69) is 29.8 Å². The van der Waals surface area contributed by atoms with Gasteiger partial charge in [0.05, 0.1) is 4.90 Å². The van der Waals surface area contributed by atoms with Crippen LogP contribution in [-0.4, -0.2) is 26.3 Å². The third-order valence-electron chi connectivity index (χ3n) is 2.54. The van der Waals surface area contributed by atoms with Gasteiger partial charge in [-0.25, -0.2) is 12.7 Å². The molecule has 1 aromatic carbocycles. The van der Waals surface area contributed by atoms with E-state index >= 15 is 0 Å². The molecule has 0 amide bonds. The van der Waals surface area contributed by atoms with E-state index < -0.39 is 10.0 Å². The molecule has 5 heteroatoms. The highest BCUT2D eigenvalue weighted by Gasteiger charge is 2.20. The number of hydrogen-bond donors (Lipinski definition) is 0. The highest BCUT2D eigenvalue weighted by atomic mass is 79.9. The molecule has 3 nitrogen and oxygen atoms in total. The summed E-state index contributed by atoms with van der Waals surface area (Å²) in [6.45, 7) is 4.72. The molecule has 0 heterocycles. The molecule has 17 heavy (non-hydrogen) atoms. The highest BCUT2D eigenvalue weighted by Crippen LogP contribution is 2.18. The quantitative estimate of drug-likeness (QED) is 0.836. The average molecular weight is 320 g/mol. The van der Waals surface area contributed by atoms with Gasteiger partial charge in [-0.05, 0) is 36.6 Å². The molecule has 0 N–H and O–H groups in total.